The van der Waals surface area contributed by atoms with Crippen LogP contribution >= 0.6 is 0 Å². The molecule has 0 saturated carbocycles. The normalized spacial score (nSPS) is 10.4. The topological polar surface area (TPSA) is 105 Å². The molecule has 1 rings (SSSR count). The van der Waals surface area contributed by atoms with E-state index in [-0.39, 0.29) is 18.8 Å². The summed E-state index contributed by atoms with van der Waals surface area (Å²) in [6.45, 7) is -0.682. The van der Waals surface area contributed by atoms with Gasteiger partial charge in [0.1, 0.15) is 5.75 Å². The van der Waals surface area contributed by atoms with E-state index in [9.17, 15) is 4.79 Å². The number of nitrogens with one attached hydrogen (secondary N) is 1. The van der Waals surface area contributed by atoms with Gasteiger partial charge in [-0.1, -0.05) is 0 Å². The zero-order chi connectivity index (χ0) is 12.8. The zero-order valence-electron chi connectivity index (χ0n) is 9.51. The van der Waals surface area contributed by atoms with E-state index in [0.717, 1.165) is 0 Å². The van der Waals surface area contributed by atoms with Crippen molar-refractivity contribution in [3.8, 4) is 5.75 Å². The summed E-state index contributed by atoms with van der Waals surface area (Å²) in [4.78, 5) is 11.8. The molecule has 6 nitrogen and oxygen atoms in total. The van der Waals surface area contributed by atoms with Gasteiger partial charge in [-0.3, -0.25) is 4.79 Å². The predicted molar refractivity (Wildman–Crippen MR) is 62.8 cm³/mol. The first-order valence-corrected chi connectivity index (χ1v) is 5.08. The van der Waals surface area contributed by atoms with Crippen LogP contribution in [0.15, 0.2) is 18.2 Å². The fraction of sp³-hybridized carbons (Fsp3) is 0.364. The average molecular weight is 240 g/mol. The molecule has 5 N–H and O–H groups in total. The van der Waals surface area contributed by atoms with Crippen LogP contribution < -0.4 is 15.8 Å². The zero-order valence-corrected chi connectivity index (χ0v) is 9.51. The molecule has 0 spiro atoms. The predicted octanol–water partition coefficient (Wildman–Crippen LogP) is -0.640. The number of carbonyl (C=O) groups excluding carboxylic acids is 1. The molecule has 0 unspecified atom stereocenters. The van der Waals surface area contributed by atoms with E-state index in [0.29, 0.717) is 11.4 Å². The van der Waals surface area contributed by atoms with E-state index >= 15 is 0 Å². The van der Waals surface area contributed by atoms with Gasteiger partial charge in [0.25, 0.3) is 5.91 Å². The number of nitrogens with two attached hydrogens (primary N) is 1. The van der Waals surface area contributed by atoms with Crippen molar-refractivity contribution in [3.05, 3.63) is 23.8 Å². The number of hydrogen-bond acceptors (Lipinski definition) is 5. The smallest absolute Gasteiger partial charge is 0.253 e. The molecule has 94 valence electrons. The lowest BCUT2D eigenvalue weighted by molar-refractivity contribution is 0.0880. The lowest BCUT2D eigenvalue weighted by Crippen LogP contribution is -2.40. The molecular weight excluding hydrogens is 224 g/mol. The second-order valence-corrected chi connectivity index (χ2v) is 3.49. The van der Waals surface area contributed by atoms with E-state index < -0.39 is 11.9 Å². The van der Waals surface area contributed by atoms with E-state index in [1.807, 2.05) is 0 Å². The van der Waals surface area contributed by atoms with Gasteiger partial charge in [-0.25, -0.2) is 0 Å². The van der Waals surface area contributed by atoms with Crippen molar-refractivity contribution in [3.63, 3.8) is 0 Å². The number of rotatable bonds is 5. The van der Waals surface area contributed by atoms with E-state index in [2.05, 4.69) is 5.32 Å². The summed E-state index contributed by atoms with van der Waals surface area (Å²) in [6, 6.07) is 3.99. The number of anilines is 1. The SMILES string of the molecule is COc1ccc(N)c(C(=O)NC(CO)CO)c1. The van der Waals surface area contributed by atoms with Crippen LogP contribution in [-0.2, 0) is 0 Å². The highest BCUT2D eigenvalue weighted by Gasteiger charge is 2.15. The first-order valence-electron chi connectivity index (χ1n) is 5.08. The fourth-order valence-corrected chi connectivity index (χ4v) is 1.27. The minimum absolute atomic E-state index is 0.247. The number of amides is 1. The Labute approximate surface area is 99.0 Å². The maximum absolute atomic E-state index is 11.8. The summed E-state index contributed by atoms with van der Waals surface area (Å²) in [5.41, 5.74) is 6.21. The molecule has 0 aliphatic rings. The van der Waals surface area contributed by atoms with Crippen LogP contribution in [0.1, 0.15) is 10.4 Å². The number of ether oxygens (including phenoxy) is 1. The number of nitrogen functional groups attached to an aromatic ring is 1. The molecule has 1 aromatic rings. The molecule has 0 aliphatic heterocycles. The van der Waals surface area contributed by atoms with Crippen LogP contribution in [0.3, 0.4) is 0 Å². The Hall–Kier alpha value is -1.79. The number of carbonyl (C=O) groups is 1. The lowest BCUT2D eigenvalue weighted by Gasteiger charge is -2.14. The maximum atomic E-state index is 11.8. The Kier molecular flexibility index (Phi) is 4.74. The largest absolute Gasteiger partial charge is 0.497 e. The summed E-state index contributed by atoms with van der Waals surface area (Å²) in [6.07, 6.45) is 0. The Morgan fingerprint density at radius 2 is 2.12 bits per heavy atom. The Bertz CT molecular complexity index is 391. The van der Waals surface area contributed by atoms with Crippen LogP contribution in [0.5, 0.6) is 5.75 Å². The number of aliphatic hydroxyl groups excluding tert-OH is 2. The van der Waals surface area contributed by atoms with Crippen molar-refractivity contribution in [2.75, 3.05) is 26.1 Å². The third-order valence-corrected chi connectivity index (χ3v) is 2.28. The molecule has 0 fully saturated rings. The van der Waals surface area contributed by atoms with Gasteiger partial charge in [0.15, 0.2) is 0 Å². The molecule has 17 heavy (non-hydrogen) atoms. The van der Waals surface area contributed by atoms with Gasteiger partial charge >= 0.3 is 0 Å². The van der Waals surface area contributed by atoms with Gasteiger partial charge in [0.2, 0.25) is 0 Å². The maximum Gasteiger partial charge on any atom is 0.253 e. The molecule has 1 aromatic carbocycles. The highest BCUT2D eigenvalue weighted by molar-refractivity contribution is 5.99. The number of aliphatic hydroxyl groups is 2. The molecule has 0 aliphatic carbocycles. The molecular formula is C11H16N2O4. The summed E-state index contributed by atoms with van der Waals surface area (Å²) >= 11 is 0. The lowest BCUT2D eigenvalue weighted by atomic mass is 10.1. The van der Waals surface area contributed by atoms with Gasteiger partial charge in [-0.05, 0) is 18.2 Å². The molecule has 6 heteroatoms. The fourth-order valence-electron chi connectivity index (χ4n) is 1.27. The number of hydrogen-bond donors (Lipinski definition) is 4. The van der Waals surface area contributed by atoms with Crippen LogP contribution in [0.25, 0.3) is 0 Å². The Balaban J connectivity index is 2.87. The molecule has 1 amide bonds. The summed E-state index contributed by atoms with van der Waals surface area (Å²) in [7, 11) is 1.48. The minimum Gasteiger partial charge on any atom is -0.497 e. The monoisotopic (exact) mass is 240 g/mol. The first kappa shape index (κ1) is 13.3. The van der Waals surface area contributed by atoms with Gasteiger partial charge in [-0.2, -0.15) is 0 Å². The average Bonchev–Trinajstić information content (AvgIpc) is 2.36. The molecule has 0 bridgehead atoms. The highest BCUT2D eigenvalue weighted by Crippen LogP contribution is 2.19. The second kappa shape index (κ2) is 6.07. The van der Waals surface area contributed by atoms with Crippen LogP contribution in [0.4, 0.5) is 5.69 Å². The van der Waals surface area contributed by atoms with Crippen molar-refractivity contribution >= 4 is 11.6 Å². The molecule has 0 aromatic heterocycles. The second-order valence-electron chi connectivity index (χ2n) is 3.49. The number of benzene rings is 1. The molecule has 0 atom stereocenters. The molecule has 0 heterocycles. The van der Waals surface area contributed by atoms with Gasteiger partial charge < -0.3 is 26.0 Å². The van der Waals surface area contributed by atoms with Crippen molar-refractivity contribution in [1.82, 2.24) is 5.32 Å². The summed E-state index contributed by atoms with van der Waals surface area (Å²) in [5, 5.41) is 20.2. The van der Waals surface area contributed by atoms with Gasteiger partial charge in [0, 0.05) is 5.69 Å². The molecule has 0 radical (unpaired) electrons. The van der Waals surface area contributed by atoms with Crippen LogP contribution in [0.2, 0.25) is 0 Å². The van der Waals surface area contributed by atoms with Gasteiger partial charge in [0.05, 0.1) is 31.9 Å². The van der Waals surface area contributed by atoms with Crippen molar-refractivity contribution < 1.29 is 19.7 Å². The summed E-state index contributed by atoms with van der Waals surface area (Å²) < 4.78 is 4.98. The van der Waals surface area contributed by atoms with Crippen molar-refractivity contribution in [2.45, 2.75) is 6.04 Å². The van der Waals surface area contributed by atoms with Crippen molar-refractivity contribution in [1.29, 1.82) is 0 Å². The Morgan fingerprint density at radius 1 is 1.47 bits per heavy atom. The molecule has 0 saturated heterocycles. The third kappa shape index (κ3) is 3.33. The third-order valence-electron chi connectivity index (χ3n) is 2.28. The van der Waals surface area contributed by atoms with E-state index in [4.69, 9.17) is 20.7 Å². The first-order chi connectivity index (χ1) is 8.12. The van der Waals surface area contributed by atoms with Crippen LogP contribution in [0, 0.1) is 0 Å². The van der Waals surface area contributed by atoms with Crippen LogP contribution in [-0.4, -0.2) is 42.5 Å². The minimum atomic E-state index is -0.701. The highest BCUT2D eigenvalue weighted by atomic mass is 16.5. The van der Waals surface area contributed by atoms with Crippen molar-refractivity contribution in [2.24, 2.45) is 0 Å². The van der Waals surface area contributed by atoms with E-state index in [1.54, 1.807) is 12.1 Å². The summed E-state index contributed by atoms with van der Waals surface area (Å²) in [5.74, 6) is 0.0448. The van der Waals surface area contributed by atoms with E-state index in [1.165, 1.54) is 13.2 Å². The standard InChI is InChI=1S/C11H16N2O4/c1-17-8-2-3-10(12)9(4-8)11(16)13-7(5-14)6-15/h2-4,7,14-15H,5-6,12H2,1H3,(H,13,16). The number of methoxy groups -OCH3 is 1. The van der Waals surface area contributed by atoms with Gasteiger partial charge in [-0.15, -0.1) is 0 Å². The quantitative estimate of drug-likeness (QED) is 0.512. The Morgan fingerprint density at radius 3 is 2.65 bits per heavy atom.